The molecule has 2 N–H and O–H groups in total. The number of carbonyl (C=O) groups is 2. The Morgan fingerprint density at radius 1 is 1.53 bits per heavy atom. The number of hydrogen-bond donors (Lipinski definition) is 2. The van der Waals surface area contributed by atoms with Crippen LogP contribution in [0.5, 0.6) is 0 Å². The van der Waals surface area contributed by atoms with E-state index in [1.807, 2.05) is 23.8 Å². The van der Waals surface area contributed by atoms with E-state index in [0.717, 1.165) is 13.0 Å². The summed E-state index contributed by atoms with van der Waals surface area (Å²) in [6.45, 7) is 4.50. The molecule has 94 valence electrons. The van der Waals surface area contributed by atoms with Crippen LogP contribution in [0.3, 0.4) is 0 Å². The number of carboxylic acid groups (broad SMARTS) is 1. The lowest BCUT2D eigenvalue weighted by atomic mass is 10.2. The highest BCUT2D eigenvalue weighted by molar-refractivity contribution is 5.93. The van der Waals surface area contributed by atoms with Crippen molar-refractivity contribution in [2.24, 2.45) is 0 Å². The molecule has 0 aliphatic rings. The second-order valence-corrected chi connectivity index (χ2v) is 4.06. The number of aryl methyl sites for hydroxylation is 1. The molecular weight excluding hydrogens is 220 g/mol. The number of carboxylic acids is 1. The van der Waals surface area contributed by atoms with Gasteiger partial charge in [-0.3, -0.25) is 9.59 Å². The Morgan fingerprint density at radius 2 is 2.24 bits per heavy atom. The summed E-state index contributed by atoms with van der Waals surface area (Å²) in [6, 6.07) is 3.18. The molecule has 1 amide bonds. The van der Waals surface area contributed by atoms with Gasteiger partial charge in [-0.05, 0) is 25.5 Å². The van der Waals surface area contributed by atoms with Gasteiger partial charge in [0.2, 0.25) is 0 Å². The zero-order valence-corrected chi connectivity index (χ0v) is 10.1. The zero-order valence-electron chi connectivity index (χ0n) is 10.1. The van der Waals surface area contributed by atoms with E-state index in [-0.39, 0.29) is 18.4 Å². The monoisotopic (exact) mass is 238 g/mol. The zero-order chi connectivity index (χ0) is 12.8. The molecule has 0 aliphatic carbocycles. The second kappa shape index (κ2) is 6.08. The van der Waals surface area contributed by atoms with Gasteiger partial charge < -0.3 is 15.0 Å². The number of carbonyl (C=O) groups excluding carboxylic acids is 1. The largest absolute Gasteiger partial charge is 0.481 e. The van der Waals surface area contributed by atoms with Gasteiger partial charge in [-0.25, -0.2) is 0 Å². The molecule has 5 heteroatoms. The van der Waals surface area contributed by atoms with Crippen LogP contribution in [0.2, 0.25) is 0 Å². The number of aromatic nitrogens is 1. The van der Waals surface area contributed by atoms with Crippen molar-refractivity contribution in [2.45, 2.75) is 39.3 Å². The van der Waals surface area contributed by atoms with Crippen molar-refractivity contribution in [1.29, 1.82) is 0 Å². The summed E-state index contributed by atoms with van der Waals surface area (Å²) < 4.78 is 1.86. The standard InChI is InChI=1S/C12H18N2O3/c1-3-6-14-7-4-5-10(14)12(17)13-9(2)8-11(15)16/h4-5,7,9H,3,6,8H2,1-2H3,(H,13,17)(H,15,16). The molecular formula is C12H18N2O3. The lowest BCUT2D eigenvalue weighted by Crippen LogP contribution is -2.35. The van der Waals surface area contributed by atoms with Gasteiger partial charge in [-0.1, -0.05) is 6.92 Å². The molecule has 0 saturated heterocycles. The Balaban J connectivity index is 2.63. The third-order valence-corrected chi connectivity index (χ3v) is 2.38. The average Bonchev–Trinajstić information content (AvgIpc) is 2.64. The van der Waals surface area contributed by atoms with Crippen LogP contribution >= 0.6 is 0 Å². The fourth-order valence-corrected chi connectivity index (χ4v) is 1.67. The molecule has 1 heterocycles. The molecule has 1 rings (SSSR count). The van der Waals surface area contributed by atoms with Crippen molar-refractivity contribution in [1.82, 2.24) is 9.88 Å². The highest BCUT2D eigenvalue weighted by Crippen LogP contribution is 2.04. The predicted octanol–water partition coefficient (Wildman–Crippen LogP) is 1.49. The molecule has 0 saturated carbocycles. The number of nitrogens with zero attached hydrogens (tertiary/aromatic N) is 1. The van der Waals surface area contributed by atoms with E-state index in [1.165, 1.54) is 0 Å². The lowest BCUT2D eigenvalue weighted by Gasteiger charge is -2.13. The Bertz CT molecular complexity index is 398. The van der Waals surface area contributed by atoms with Gasteiger partial charge in [0.25, 0.3) is 5.91 Å². The normalized spacial score (nSPS) is 12.1. The quantitative estimate of drug-likeness (QED) is 0.788. The number of amides is 1. The first-order valence-electron chi connectivity index (χ1n) is 5.72. The first-order valence-corrected chi connectivity index (χ1v) is 5.72. The maximum atomic E-state index is 11.9. The Hall–Kier alpha value is -1.78. The molecule has 0 bridgehead atoms. The van der Waals surface area contributed by atoms with Gasteiger partial charge in [0, 0.05) is 18.8 Å². The molecule has 0 aromatic carbocycles. The van der Waals surface area contributed by atoms with E-state index in [9.17, 15) is 9.59 Å². The van der Waals surface area contributed by atoms with Crippen molar-refractivity contribution < 1.29 is 14.7 Å². The van der Waals surface area contributed by atoms with Crippen LogP contribution in [0.25, 0.3) is 0 Å². The van der Waals surface area contributed by atoms with Gasteiger partial charge in [0.05, 0.1) is 6.42 Å². The molecule has 1 atom stereocenters. The van der Waals surface area contributed by atoms with Crippen molar-refractivity contribution >= 4 is 11.9 Å². The number of hydrogen-bond acceptors (Lipinski definition) is 2. The summed E-state index contributed by atoms with van der Waals surface area (Å²) >= 11 is 0. The van der Waals surface area contributed by atoms with E-state index >= 15 is 0 Å². The van der Waals surface area contributed by atoms with Crippen molar-refractivity contribution in [3.05, 3.63) is 24.0 Å². The first-order chi connectivity index (χ1) is 8.04. The van der Waals surface area contributed by atoms with Gasteiger partial charge in [0.1, 0.15) is 5.69 Å². The smallest absolute Gasteiger partial charge is 0.305 e. The summed E-state index contributed by atoms with van der Waals surface area (Å²) in [7, 11) is 0. The van der Waals surface area contributed by atoms with Gasteiger partial charge in [-0.2, -0.15) is 0 Å². The lowest BCUT2D eigenvalue weighted by molar-refractivity contribution is -0.137. The van der Waals surface area contributed by atoms with Gasteiger partial charge in [-0.15, -0.1) is 0 Å². The Labute approximate surface area is 100 Å². The molecule has 0 fully saturated rings. The molecule has 17 heavy (non-hydrogen) atoms. The highest BCUT2D eigenvalue weighted by atomic mass is 16.4. The van der Waals surface area contributed by atoms with Crippen LogP contribution in [0, 0.1) is 0 Å². The molecule has 5 nitrogen and oxygen atoms in total. The Morgan fingerprint density at radius 3 is 2.82 bits per heavy atom. The average molecular weight is 238 g/mol. The van der Waals surface area contributed by atoms with Crippen molar-refractivity contribution in [3.8, 4) is 0 Å². The summed E-state index contributed by atoms with van der Waals surface area (Å²) in [6.07, 6.45) is 2.72. The third kappa shape index (κ3) is 3.94. The fourth-order valence-electron chi connectivity index (χ4n) is 1.67. The predicted molar refractivity (Wildman–Crippen MR) is 63.9 cm³/mol. The van der Waals surface area contributed by atoms with E-state index in [1.54, 1.807) is 13.0 Å². The van der Waals surface area contributed by atoms with Crippen LogP contribution in [0.1, 0.15) is 37.2 Å². The summed E-state index contributed by atoms with van der Waals surface area (Å²) in [5.41, 5.74) is 0.573. The van der Waals surface area contributed by atoms with E-state index in [2.05, 4.69) is 5.32 Å². The molecule has 1 aromatic heterocycles. The third-order valence-electron chi connectivity index (χ3n) is 2.38. The maximum absolute atomic E-state index is 11.9. The minimum atomic E-state index is -0.915. The van der Waals surface area contributed by atoms with E-state index in [0.29, 0.717) is 5.69 Å². The summed E-state index contributed by atoms with van der Waals surface area (Å²) in [5, 5.41) is 11.3. The molecule has 0 radical (unpaired) electrons. The van der Waals surface area contributed by atoms with E-state index in [4.69, 9.17) is 5.11 Å². The number of rotatable bonds is 6. The summed E-state index contributed by atoms with van der Waals surface area (Å²) in [5.74, 6) is -1.14. The minimum absolute atomic E-state index is 0.0692. The SMILES string of the molecule is CCCn1cccc1C(=O)NC(C)CC(=O)O. The first kappa shape index (κ1) is 13.3. The molecule has 1 unspecified atom stereocenters. The van der Waals surface area contributed by atoms with Crippen molar-refractivity contribution in [2.75, 3.05) is 0 Å². The Kier molecular flexibility index (Phi) is 4.75. The highest BCUT2D eigenvalue weighted by Gasteiger charge is 2.14. The van der Waals surface area contributed by atoms with Crippen LogP contribution in [-0.4, -0.2) is 27.6 Å². The fraction of sp³-hybridized carbons (Fsp3) is 0.500. The van der Waals surface area contributed by atoms with Crippen molar-refractivity contribution in [3.63, 3.8) is 0 Å². The van der Waals surface area contributed by atoms with Crippen LogP contribution in [-0.2, 0) is 11.3 Å². The van der Waals surface area contributed by atoms with Gasteiger partial charge in [0.15, 0.2) is 0 Å². The van der Waals surface area contributed by atoms with E-state index < -0.39 is 5.97 Å². The maximum Gasteiger partial charge on any atom is 0.305 e. The summed E-state index contributed by atoms with van der Waals surface area (Å²) in [4.78, 5) is 22.4. The molecule has 0 spiro atoms. The van der Waals surface area contributed by atoms with Crippen LogP contribution in [0.15, 0.2) is 18.3 Å². The second-order valence-electron chi connectivity index (χ2n) is 4.06. The molecule has 0 aliphatic heterocycles. The molecule has 1 aromatic rings. The van der Waals surface area contributed by atoms with Gasteiger partial charge >= 0.3 is 5.97 Å². The van der Waals surface area contributed by atoms with Crippen LogP contribution < -0.4 is 5.32 Å². The topological polar surface area (TPSA) is 71.3 Å². The number of aliphatic carboxylic acids is 1. The number of nitrogens with one attached hydrogen (secondary N) is 1. The minimum Gasteiger partial charge on any atom is -0.481 e. The van der Waals surface area contributed by atoms with Crippen LogP contribution in [0.4, 0.5) is 0 Å².